The topological polar surface area (TPSA) is 58.3 Å². The molecule has 1 aliphatic heterocycles. The van der Waals surface area contributed by atoms with Crippen molar-refractivity contribution in [2.45, 2.75) is 19.8 Å². The van der Waals surface area contributed by atoms with Gasteiger partial charge in [-0.25, -0.2) is 9.97 Å². The number of rotatable bonds is 4. The summed E-state index contributed by atoms with van der Waals surface area (Å²) in [6, 6.07) is 18.7. The van der Waals surface area contributed by atoms with Crippen LogP contribution in [0.1, 0.15) is 18.9 Å². The first-order valence-electron chi connectivity index (χ1n) is 9.08. The summed E-state index contributed by atoms with van der Waals surface area (Å²) in [5, 5.41) is 0. The summed E-state index contributed by atoms with van der Waals surface area (Å²) < 4.78 is 0. The summed E-state index contributed by atoms with van der Waals surface area (Å²) in [5.41, 5.74) is 10.8. The molecule has 5 heteroatoms. The van der Waals surface area contributed by atoms with E-state index in [2.05, 4.69) is 63.1 Å². The highest BCUT2D eigenvalue weighted by Gasteiger charge is 2.23. The van der Waals surface area contributed by atoms with E-state index in [0.717, 1.165) is 43.3 Å². The summed E-state index contributed by atoms with van der Waals surface area (Å²) in [7, 11) is 0. The van der Waals surface area contributed by atoms with Crippen LogP contribution in [0.3, 0.4) is 0 Å². The van der Waals surface area contributed by atoms with Gasteiger partial charge in [0.2, 0.25) is 0 Å². The maximum atomic E-state index is 6.58. The standard InChI is InChI=1S/C21H23N5/c1-2-25(17-11-4-3-5-12-17)20-19(22)21(24-15-23-20)26-14-8-10-16-9-6-7-13-18(16)26/h3-7,9,11-13,15H,2,8,10,14,22H2,1H3. The first kappa shape index (κ1) is 16.4. The number of para-hydroxylation sites is 2. The van der Waals surface area contributed by atoms with Crippen molar-refractivity contribution < 1.29 is 0 Å². The van der Waals surface area contributed by atoms with Gasteiger partial charge in [0.05, 0.1) is 0 Å². The van der Waals surface area contributed by atoms with Crippen molar-refractivity contribution >= 4 is 28.7 Å². The van der Waals surface area contributed by atoms with E-state index in [4.69, 9.17) is 5.73 Å². The van der Waals surface area contributed by atoms with Crippen LogP contribution in [0.15, 0.2) is 60.9 Å². The summed E-state index contributed by atoms with van der Waals surface area (Å²) in [6.45, 7) is 3.79. The summed E-state index contributed by atoms with van der Waals surface area (Å²) >= 11 is 0. The highest BCUT2D eigenvalue weighted by Crippen LogP contribution is 2.39. The van der Waals surface area contributed by atoms with Gasteiger partial charge in [-0.15, -0.1) is 0 Å². The third-order valence-corrected chi connectivity index (χ3v) is 4.85. The molecule has 0 fully saturated rings. The Morgan fingerprint density at radius 3 is 2.62 bits per heavy atom. The van der Waals surface area contributed by atoms with Gasteiger partial charge < -0.3 is 15.5 Å². The lowest BCUT2D eigenvalue weighted by molar-refractivity contribution is 0.759. The predicted octanol–water partition coefficient (Wildman–Crippen LogP) is 4.30. The van der Waals surface area contributed by atoms with Crippen LogP contribution in [0, 0.1) is 0 Å². The third kappa shape index (κ3) is 2.86. The minimum atomic E-state index is 0.620. The molecule has 0 amide bonds. The second kappa shape index (κ2) is 7.04. The van der Waals surface area contributed by atoms with Gasteiger partial charge >= 0.3 is 0 Å². The molecular formula is C21H23N5. The predicted molar refractivity (Wildman–Crippen MR) is 107 cm³/mol. The van der Waals surface area contributed by atoms with E-state index in [1.807, 2.05) is 18.2 Å². The zero-order valence-corrected chi connectivity index (χ0v) is 15.0. The molecule has 26 heavy (non-hydrogen) atoms. The van der Waals surface area contributed by atoms with Gasteiger partial charge in [0.15, 0.2) is 11.6 Å². The Morgan fingerprint density at radius 2 is 1.81 bits per heavy atom. The molecule has 132 valence electrons. The SMILES string of the molecule is CCN(c1ccccc1)c1ncnc(N2CCCc3ccccc32)c1N. The van der Waals surface area contributed by atoms with Gasteiger partial charge in [0, 0.05) is 24.5 Å². The average molecular weight is 345 g/mol. The Hall–Kier alpha value is -3.08. The molecular weight excluding hydrogens is 322 g/mol. The van der Waals surface area contributed by atoms with E-state index in [9.17, 15) is 0 Å². The number of benzene rings is 2. The van der Waals surface area contributed by atoms with Crippen LogP contribution in [0.4, 0.5) is 28.7 Å². The summed E-state index contributed by atoms with van der Waals surface area (Å²) in [4.78, 5) is 13.4. The zero-order chi connectivity index (χ0) is 17.9. The second-order valence-electron chi connectivity index (χ2n) is 6.40. The smallest absolute Gasteiger partial charge is 0.161 e. The van der Waals surface area contributed by atoms with E-state index >= 15 is 0 Å². The lowest BCUT2D eigenvalue weighted by Gasteiger charge is -2.32. The number of nitrogens with two attached hydrogens (primary N) is 1. The monoisotopic (exact) mass is 345 g/mol. The van der Waals surface area contributed by atoms with E-state index in [1.165, 1.54) is 11.3 Å². The van der Waals surface area contributed by atoms with Gasteiger partial charge in [-0.3, -0.25) is 0 Å². The van der Waals surface area contributed by atoms with Crippen molar-refractivity contribution in [2.24, 2.45) is 0 Å². The minimum Gasteiger partial charge on any atom is -0.393 e. The van der Waals surface area contributed by atoms with Gasteiger partial charge in [-0.2, -0.15) is 0 Å². The molecule has 4 rings (SSSR count). The van der Waals surface area contributed by atoms with E-state index < -0.39 is 0 Å². The van der Waals surface area contributed by atoms with Crippen LogP contribution in [0.25, 0.3) is 0 Å². The highest BCUT2D eigenvalue weighted by atomic mass is 15.3. The van der Waals surface area contributed by atoms with Crippen molar-refractivity contribution in [3.8, 4) is 0 Å². The number of fused-ring (bicyclic) bond motifs is 1. The zero-order valence-electron chi connectivity index (χ0n) is 15.0. The van der Waals surface area contributed by atoms with Crippen LogP contribution in [0.2, 0.25) is 0 Å². The molecule has 2 aromatic carbocycles. The first-order valence-corrected chi connectivity index (χ1v) is 9.08. The molecule has 1 aromatic heterocycles. The van der Waals surface area contributed by atoms with Crippen LogP contribution < -0.4 is 15.5 Å². The number of aryl methyl sites for hydroxylation is 1. The van der Waals surface area contributed by atoms with Crippen LogP contribution >= 0.6 is 0 Å². The molecule has 3 aromatic rings. The lowest BCUT2D eigenvalue weighted by atomic mass is 10.0. The van der Waals surface area contributed by atoms with Crippen molar-refractivity contribution in [1.82, 2.24) is 9.97 Å². The van der Waals surface area contributed by atoms with Crippen LogP contribution in [-0.2, 0) is 6.42 Å². The van der Waals surface area contributed by atoms with E-state index in [0.29, 0.717) is 5.69 Å². The lowest BCUT2D eigenvalue weighted by Crippen LogP contribution is -2.27. The molecule has 0 saturated heterocycles. The molecule has 0 spiro atoms. The maximum absolute atomic E-state index is 6.58. The fourth-order valence-corrected chi connectivity index (χ4v) is 3.62. The number of anilines is 5. The Kier molecular flexibility index (Phi) is 4.44. The second-order valence-corrected chi connectivity index (χ2v) is 6.40. The molecule has 2 heterocycles. The van der Waals surface area contributed by atoms with Crippen LogP contribution in [0.5, 0.6) is 0 Å². The quantitative estimate of drug-likeness (QED) is 0.764. The van der Waals surface area contributed by atoms with Crippen LogP contribution in [-0.4, -0.2) is 23.1 Å². The van der Waals surface area contributed by atoms with Crippen molar-refractivity contribution in [3.63, 3.8) is 0 Å². The number of hydrogen-bond donors (Lipinski definition) is 1. The normalized spacial score (nSPS) is 13.3. The fourth-order valence-electron chi connectivity index (χ4n) is 3.62. The first-order chi connectivity index (χ1) is 12.8. The third-order valence-electron chi connectivity index (χ3n) is 4.85. The maximum Gasteiger partial charge on any atom is 0.161 e. The Labute approximate surface area is 154 Å². The highest BCUT2D eigenvalue weighted by molar-refractivity contribution is 5.83. The van der Waals surface area contributed by atoms with Crippen molar-refractivity contribution in [2.75, 3.05) is 28.6 Å². The molecule has 0 saturated carbocycles. The van der Waals surface area contributed by atoms with E-state index in [-0.39, 0.29) is 0 Å². The Morgan fingerprint density at radius 1 is 1.04 bits per heavy atom. The molecule has 0 aliphatic carbocycles. The number of hydrogen-bond acceptors (Lipinski definition) is 5. The molecule has 0 atom stereocenters. The number of nitrogen functional groups attached to an aromatic ring is 1. The number of aromatic nitrogens is 2. The molecule has 5 nitrogen and oxygen atoms in total. The summed E-state index contributed by atoms with van der Waals surface area (Å²) in [6.07, 6.45) is 3.80. The molecule has 0 radical (unpaired) electrons. The largest absolute Gasteiger partial charge is 0.393 e. The van der Waals surface area contributed by atoms with Crippen molar-refractivity contribution in [3.05, 3.63) is 66.5 Å². The van der Waals surface area contributed by atoms with Gasteiger partial charge in [0.25, 0.3) is 0 Å². The van der Waals surface area contributed by atoms with Gasteiger partial charge in [-0.05, 0) is 43.5 Å². The van der Waals surface area contributed by atoms with Crippen molar-refractivity contribution in [1.29, 1.82) is 0 Å². The van der Waals surface area contributed by atoms with Gasteiger partial charge in [-0.1, -0.05) is 36.4 Å². The molecule has 0 bridgehead atoms. The van der Waals surface area contributed by atoms with Gasteiger partial charge in [0.1, 0.15) is 12.0 Å². The van der Waals surface area contributed by atoms with E-state index in [1.54, 1.807) is 6.33 Å². The Balaban J connectivity index is 1.78. The average Bonchev–Trinajstić information content (AvgIpc) is 2.70. The molecule has 0 unspecified atom stereocenters. The Bertz CT molecular complexity index is 894. The minimum absolute atomic E-state index is 0.620. The molecule has 2 N–H and O–H groups in total. The molecule has 1 aliphatic rings. The summed E-state index contributed by atoms with van der Waals surface area (Å²) in [5.74, 6) is 1.54. The fraction of sp³-hybridized carbons (Fsp3) is 0.238. The number of nitrogens with zero attached hydrogens (tertiary/aromatic N) is 4.